The van der Waals surface area contributed by atoms with Crippen molar-refractivity contribution in [3.8, 4) is 19.5 Å². The number of hydrogen-bond donors (Lipinski definition) is 2. The van der Waals surface area contributed by atoms with Crippen molar-refractivity contribution < 1.29 is 5.11 Å². The highest BCUT2D eigenvalue weighted by Gasteiger charge is 2.10. The van der Waals surface area contributed by atoms with Crippen LogP contribution in [0.25, 0.3) is 19.5 Å². The van der Waals surface area contributed by atoms with Crippen LogP contribution >= 0.6 is 34.0 Å². The molecule has 20 heavy (non-hydrogen) atoms. The first kappa shape index (κ1) is 14.0. The van der Waals surface area contributed by atoms with Crippen LogP contribution in [0.4, 0.5) is 0 Å². The van der Waals surface area contributed by atoms with Gasteiger partial charge in [-0.25, -0.2) is 0 Å². The number of aliphatic hydroxyl groups excluding tert-OH is 1. The molecule has 0 spiro atoms. The molecule has 0 aromatic carbocycles. The molecule has 0 aliphatic rings. The van der Waals surface area contributed by atoms with E-state index in [1.54, 1.807) is 22.7 Å². The zero-order valence-corrected chi connectivity index (χ0v) is 13.2. The van der Waals surface area contributed by atoms with Crippen LogP contribution in [-0.2, 0) is 6.42 Å². The van der Waals surface area contributed by atoms with Crippen molar-refractivity contribution >= 4 is 34.0 Å². The van der Waals surface area contributed by atoms with Gasteiger partial charge in [-0.15, -0.1) is 34.0 Å². The average molecular weight is 321 g/mol. The first-order chi connectivity index (χ1) is 9.76. The van der Waals surface area contributed by atoms with Gasteiger partial charge in [0.15, 0.2) is 0 Å². The van der Waals surface area contributed by atoms with Gasteiger partial charge >= 0.3 is 0 Å². The molecule has 0 aliphatic heterocycles. The molecule has 3 aromatic rings. The predicted molar refractivity (Wildman–Crippen MR) is 89.7 cm³/mol. The molecule has 0 saturated carbocycles. The summed E-state index contributed by atoms with van der Waals surface area (Å²) in [5.41, 5.74) is 5.78. The summed E-state index contributed by atoms with van der Waals surface area (Å²) < 4.78 is 0. The summed E-state index contributed by atoms with van der Waals surface area (Å²) in [4.78, 5) is 6.44. The van der Waals surface area contributed by atoms with Gasteiger partial charge in [-0.2, -0.15) is 0 Å². The minimum Gasteiger partial charge on any atom is -0.395 e. The largest absolute Gasteiger partial charge is 0.395 e. The molecule has 1 unspecified atom stereocenters. The molecule has 1 atom stereocenters. The maximum Gasteiger partial charge on any atom is 0.0586 e. The highest BCUT2D eigenvalue weighted by Crippen LogP contribution is 2.39. The Morgan fingerprint density at radius 1 is 0.950 bits per heavy atom. The molecule has 3 N–H and O–H groups in total. The van der Waals surface area contributed by atoms with E-state index >= 15 is 0 Å². The quantitative estimate of drug-likeness (QED) is 0.744. The van der Waals surface area contributed by atoms with E-state index in [4.69, 9.17) is 10.8 Å². The van der Waals surface area contributed by atoms with Crippen LogP contribution in [0.2, 0.25) is 0 Å². The van der Waals surface area contributed by atoms with Gasteiger partial charge in [0.25, 0.3) is 0 Å². The number of aliphatic hydroxyl groups is 1. The molecule has 3 rings (SSSR count). The third kappa shape index (κ3) is 3.02. The van der Waals surface area contributed by atoms with Gasteiger partial charge in [-0.05, 0) is 42.1 Å². The molecule has 3 heterocycles. The summed E-state index contributed by atoms with van der Waals surface area (Å²) in [6.45, 7) is 0.0365. The molecule has 0 fully saturated rings. The van der Waals surface area contributed by atoms with Crippen LogP contribution in [0.15, 0.2) is 41.8 Å². The summed E-state index contributed by atoms with van der Waals surface area (Å²) in [6.07, 6.45) is 0.740. The number of hydrogen-bond acceptors (Lipinski definition) is 5. The molecular weight excluding hydrogens is 306 g/mol. The Hall–Kier alpha value is -0.980. The summed E-state index contributed by atoms with van der Waals surface area (Å²) in [6, 6.07) is 12.7. The van der Waals surface area contributed by atoms with E-state index in [0.717, 1.165) is 6.42 Å². The second-order valence-corrected chi connectivity index (χ2v) is 7.75. The topological polar surface area (TPSA) is 46.2 Å². The predicted octanol–water partition coefficient (Wildman–Crippen LogP) is 4.07. The van der Waals surface area contributed by atoms with Gasteiger partial charge in [0, 0.05) is 30.4 Å². The standard InChI is InChI=1S/C15H15NOS3/c16-10(9-17)8-11-3-4-14(19-11)15-6-5-13(20-15)12-2-1-7-18-12/h1-7,10,17H,8-9,16H2. The van der Waals surface area contributed by atoms with E-state index < -0.39 is 0 Å². The summed E-state index contributed by atoms with van der Waals surface area (Å²) in [7, 11) is 0. The first-order valence-electron chi connectivity index (χ1n) is 6.35. The van der Waals surface area contributed by atoms with Crippen LogP contribution in [0.3, 0.4) is 0 Å². The monoisotopic (exact) mass is 321 g/mol. The van der Waals surface area contributed by atoms with Crippen molar-refractivity contribution in [2.24, 2.45) is 5.73 Å². The molecule has 5 heteroatoms. The van der Waals surface area contributed by atoms with Crippen molar-refractivity contribution in [1.29, 1.82) is 0 Å². The van der Waals surface area contributed by atoms with Crippen molar-refractivity contribution in [1.82, 2.24) is 0 Å². The van der Waals surface area contributed by atoms with E-state index in [9.17, 15) is 0 Å². The Labute approximate surface area is 130 Å². The summed E-state index contributed by atoms with van der Waals surface area (Å²) >= 11 is 5.36. The SMILES string of the molecule is NC(CO)Cc1ccc(-c2ccc(-c3cccs3)s2)s1. The molecular formula is C15H15NOS3. The van der Waals surface area contributed by atoms with E-state index in [0.29, 0.717) is 0 Å². The molecule has 0 amide bonds. The van der Waals surface area contributed by atoms with Crippen LogP contribution < -0.4 is 5.73 Å². The van der Waals surface area contributed by atoms with Crippen LogP contribution in [0.5, 0.6) is 0 Å². The number of rotatable bonds is 5. The lowest BCUT2D eigenvalue weighted by Gasteiger charge is -2.04. The van der Waals surface area contributed by atoms with E-state index in [2.05, 4.69) is 41.8 Å². The minimum absolute atomic E-state index is 0.0365. The molecule has 0 radical (unpaired) electrons. The van der Waals surface area contributed by atoms with Gasteiger partial charge in [0.05, 0.1) is 6.61 Å². The fourth-order valence-corrected chi connectivity index (χ4v) is 5.00. The summed E-state index contributed by atoms with van der Waals surface area (Å²) in [5, 5.41) is 11.1. The minimum atomic E-state index is -0.161. The van der Waals surface area contributed by atoms with Crippen LogP contribution in [-0.4, -0.2) is 17.8 Å². The Morgan fingerprint density at radius 3 is 2.35 bits per heavy atom. The van der Waals surface area contributed by atoms with Crippen LogP contribution in [0, 0.1) is 0 Å². The Balaban J connectivity index is 1.80. The molecule has 0 aliphatic carbocycles. The maximum atomic E-state index is 9.01. The lowest BCUT2D eigenvalue weighted by atomic mass is 10.2. The van der Waals surface area contributed by atoms with Crippen molar-refractivity contribution in [3.63, 3.8) is 0 Å². The average Bonchev–Trinajstić information content (AvgIpc) is 3.18. The van der Waals surface area contributed by atoms with E-state index in [1.807, 2.05) is 11.3 Å². The smallest absolute Gasteiger partial charge is 0.0586 e. The second kappa shape index (κ2) is 6.20. The molecule has 2 nitrogen and oxygen atoms in total. The van der Waals surface area contributed by atoms with E-state index in [-0.39, 0.29) is 12.6 Å². The second-order valence-electron chi connectivity index (χ2n) is 4.55. The molecule has 0 saturated heterocycles. The normalized spacial score (nSPS) is 12.7. The van der Waals surface area contributed by atoms with Gasteiger partial charge in [-0.1, -0.05) is 6.07 Å². The van der Waals surface area contributed by atoms with Crippen molar-refractivity contribution in [2.45, 2.75) is 12.5 Å². The highest BCUT2D eigenvalue weighted by molar-refractivity contribution is 7.26. The molecule has 0 bridgehead atoms. The Kier molecular flexibility index (Phi) is 4.33. The lowest BCUT2D eigenvalue weighted by Crippen LogP contribution is -2.26. The van der Waals surface area contributed by atoms with Gasteiger partial charge in [0.2, 0.25) is 0 Å². The Morgan fingerprint density at radius 2 is 1.65 bits per heavy atom. The first-order valence-corrected chi connectivity index (χ1v) is 8.87. The van der Waals surface area contributed by atoms with E-state index in [1.165, 1.54) is 24.4 Å². The zero-order chi connectivity index (χ0) is 13.9. The third-order valence-electron chi connectivity index (χ3n) is 2.97. The maximum absolute atomic E-state index is 9.01. The fourth-order valence-electron chi connectivity index (χ4n) is 1.96. The summed E-state index contributed by atoms with van der Waals surface area (Å²) in [5.74, 6) is 0. The van der Waals surface area contributed by atoms with Gasteiger partial charge in [0.1, 0.15) is 0 Å². The third-order valence-corrected chi connectivity index (χ3v) is 6.43. The highest BCUT2D eigenvalue weighted by atomic mass is 32.1. The van der Waals surface area contributed by atoms with Crippen LogP contribution in [0.1, 0.15) is 4.88 Å². The van der Waals surface area contributed by atoms with Crippen molar-refractivity contribution in [3.05, 3.63) is 46.7 Å². The number of thiophene rings is 3. The fraction of sp³-hybridized carbons (Fsp3) is 0.200. The Bertz CT molecular complexity index is 669. The molecule has 3 aromatic heterocycles. The van der Waals surface area contributed by atoms with Gasteiger partial charge in [-0.3, -0.25) is 0 Å². The zero-order valence-electron chi connectivity index (χ0n) is 10.8. The van der Waals surface area contributed by atoms with Gasteiger partial charge < -0.3 is 10.8 Å². The van der Waals surface area contributed by atoms with Crippen molar-refractivity contribution in [2.75, 3.05) is 6.61 Å². The lowest BCUT2D eigenvalue weighted by molar-refractivity contribution is 0.266. The molecule has 104 valence electrons. The number of nitrogens with two attached hydrogens (primary N) is 1.